The van der Waals surface area contributed by atoms with Crippen molar-refractivity contribution in [3.8, 4) is 28.7 Å². The Bertz CT molecular complexity index is 831. The Hall–Kier alpha value is -2.93. The molecule has 1 N–H and O–H groups in total. The summed E-state index contributed by atoms with van der Waals surface area (Å²) in [4.78, 5) is 12.8. The lowest BCUT2D eigenvalue weighted by Crippen LogP contribution is -2.36. The summed E-state index contributed by atoms with van der Waals surface area (Å²) in [7, 11) is 5.98. The van der Waals surface area contributed by atoms with E-state index >= 15 is 0 Å². The van der Waals surface area contributed by atoms with Gasteiger partial charge in [-0.3, -0.25) is 4.79 Å². The Kier molecular flexibility index (Phi) is 4.90. The molecule has 3 rings (SSSR count). The SMILES string of the molecule is COc1ccc(C2Oc3cc(OC)cc(OC)c3C(=O)C2O)c(OC)c1. The summed E-state index contributed by atoms with van der Waals surface area (Å²) in [5, 5.41) is 10.6. The maximum Gasteiger partial charge on any atom is 0.202 e. The Balaban J connectivity index is 2.10. The fourth-order valence-electron chi connectivity index (χ4n) is 2.95. The Morgan fingerprint density at radius 2 is 1.54 bits per heavy atom. The smallest absolute Gasteiger partial charge is 0.202 e. The molecule has 26 heavy (non-hydrogen) atoms. The van der Waals surface area contributed by atoms with E-state index in [1.54, 1.807) is 37.4 Å². The van der Waals surface area contributed by atoms with Gasteiger partial charge in [-0.05, 0) is 12.1 Å². The number of aliphatic hydroxyl groups excluding tert-OH is 1. The van der Waals surface area contributed by atoms with Crippen LogP contribution in [0.2, 0.25) is 0 Å². The monoisotopic (exact) mass is 360 g/mol. The largest absolute Gasteiger partial charge is 0.497 e. The van der Waals surface area contributed by atoms with Gasteiger partial charge in [-0.15, -0.1) is 0 Å². The second kappa shape index (κ2) is 7.13. The molecule has 0 aliphatic carbocycles. The van der Waals surface area contributed by atoms with Crippen molar-refractivity contribution in [3.63, 3.8) is 0 Å². The molecule has 1 heterocycles. The normalized spacial score (nSPS) is 18.6. The molecule has 0 amide bonds. The van der Waals surface area contributed by atoms with Crippen molar-refractivity contribution >= 4 is 5.78 Å². The van der Waals surface area contributed by atoms with Gasteiger partial charge in [-0.1, -0.05) is 0 Å². The summed E-state index contributed by atoms with van der Waals surface area (Å²) >= 11 is 0. The summed E-state index contributed by atoms with van der Waals surface area (Å²) in [5.74, 6) is 1.58. The van der Waals surface area contributed by atoms with Crippen LogP contribution < -0.4 is 23.7 Å². The molecule has 2 aromatic carbocycles. The highest BCUT2D eigenvalue weighted by molar-refractivity contribution is 6.05. The van der Waals surface area contributed by atoms with E-state index in [4.69, 9.17) is 23.7 Å². The van der Waals surface area contributed by atoms with Crippen LogP contribution in [0.4, 0.5) is 0 Å². The third-order valence-electron chi connectivity index (χ3n) is 4.30. The van der Waals surface area contributed by atoms with Gasteiger partial charge in [0.15, 0.2) is 12.2 Å². The molecule has 2 aromatic rings. The third kappa shape index (κ3) is 2.90. The lowest BCUT2D eigenvalue weighted by Gasteiger charge is -2.31. The molecule has 0 bridgehead atoms. The molecule has 1 aliphatic heterocycles. The van der Waals surface area contributed by atoms with Crippen molar-refractivity contribution in [1.29, 1.82) is 0 Å². The summed E-state index contributed by atoms with van der Waals surface area (Å²) in [5.41, 5.74) is 0.714. The zero-order valence-corrected chi connectivity index (χ0v) is 14.9. The minimum absolute atomic E-state index is 0.185. The molecule has 0 saturated carbocycles. The quantitative estimate of drug-likeness (QED) is 0.876. The lowest BCUT2D eigenvalue weighted by molar-refractivity contribution is 0.0202. The minimum atomic E-state index is -1.41. The highest BCUT2D eigenvalue weighted by Crippen LogP contribution is 2.44. The number of methoxy groups -OCH3 is 4. The summed E-state index contributed by atoms with van der Waals surface area (Å²) in [6, 6.07) is 8.23. The van der Waals surface area contributed by atoms with E-state index in [0.29, 0.717) is 22.8 Å². The number of hydrogen-bond acceptors (Lipinski definition) is 7. The number of aliphatic hydroxyl groups is 1. The van der Waals surface area contributed by atoms with Gasteiger partial charge in [0.05, 0.1) is 28.4 Å². The molecule has 1 aliphatic rings. The minimum Gasteiger partial charge on any atom is -0.497 e. The molecule has 0 radical (unpaired) electrons. The zero-order chi connectivity index (χ0) is 18.8. The van der Waals surface area contributed by atoms with E-state index in [9.17, 15) is 9.90 Å². The maximum atomic E-state index is 12.8. The highest BCUT2D eigenvalue weighted by atomic mass is 16.5. The van der Waals surface area contributed by atoms with Gasteiger partial charge in [-0.25, -0.2) is 0 Å². The fraction of sp³-hybridized carbons (Fsp3) is 0.316. The van der Waals surface area contributed by atoms with Crippen LogP contribution in [0.15, 0.2) is 30.3 Å². The predicted octanol–water partition coefficient (Wildman–Crippen LogP) is 2.40. The number of ether oxygens (including phenoxy) is 5. The van der Waals surface area contributed by atoms with Gasteiger partial charge in [0.1, 0.15) is 34.3 Å². The molecule has 7 nitrogen and oxygen atoms in total. The Morgan fingerprint density at radius 1 is 0.885 bits per heavy atom. The molecule has 0 aromatic heterocycles. The standard InChI is InChI=1S/C19H20O7/c1-22-10-5-6-12(13(7-10)24-3)19-18(21)17(20)16-14(25-4)8-11(23-2)9-15(16)26-19/h5-9,18-19,21H,1-4H3. The van der Waals surface area contributed by atoms with E-state index in [0.717, 1.165) is 0 Å². The van der Waals surface area contributed by atoms with Crippen LogP contribution in [-0.2, 0) is 0 Å². The van der Waals surface area contributed by atoms with Crippen LogP contribution in [0.3, 0.4) is 0 Å². The summed E-state index contributed by atoms with van der Waals surface area (Å²) < 4.78 is 27.0. The molecular weight excluding hydrogens is 340 g/mol. The van der Waals surface area contributed by atoms with Crippen molar-refractivity contribution in [3.05, 3.63) is 41.5 Å². The number of fused-ring (bicyclic) bond motifs is 1. The van der Waals surface area contributed by atoms with Gasteiger partial charge >= 0.3 is 0 Å². The van der Waals surface area contributed by atoms with Crippen LogP contribution in [-0.4, -0.2) is 45.4 Å². The van der Waals surface area contributed by atoms with Crippen LogP contribution in [0.25, 0.3) is 0 Å². The lowest BCUT2D eigenvalue weighted by atomic mass is 9.92. The summed E-state index contributed by atoms with van der Waals surface area (Å²) in [6.07, 6.45) is -2.35. The Labute approximate surface area is 151 Å². The molecule has 0 spiro atoms. The second-order valence-electron chi connectivity index (χ2n) is 5.66. The van der Waals surface area contributed by atoms with Crippen molar-refractivity contribution < 1.29 is 33.6 Å². The number of benzene rings is 2. The first-order valence-corrected chi connectivity index (χ1v) is 7.91. The van der Waals surface area contributed by atoms with Gasteiger partial charge in [0.25, 0.3) is 0 Å². The zero-order valence-electron chi connectivity index (χ0n) is 14.9. The number of carbonyl (C=O) groups excluding carboxylic acids is 1. The number of ketones is 1. The van der Waals surface area contributed by atoms with E-state index in [1.807, 2.05) is 0 Å². The first-order chi connectivity index (χ1) is 12.5. The van der Waals surface area contributed by atoms with Crippen LogP contribution in [0, 0.1) is 0 Å². The molecule has 138 valence electrons. The van der Waals surface area contributed by atoms with E-state index in [-0.39, 0.29) is 17.1 Å². The first kappa shape index (κ1) is 17.9. The number of Topliss-reactive ketones (excluding diaryl/α,β-unsaturated/α-hetero) is 1. The van der Waals surface area contributed by atoms with E-state index in [1.165, 1.54) is 21.3 Å². The topological polar surface area (TPSA) is 83.5 Å². The molecule has 2 unspecified atom stereocenters. The van der Waals surface area contributed by atoms with Gasteiger partial charge < -0.3 is 28.8 Å². The molecule has 0 fully saturated rings. The van der Waals surface area contributed by atoms with Gasteiger partial charge in [-0.2, -0.15) is 0 Å². The van der Waals surface area contributed by atoms with E-state index in [2.05, 4.69) is 0 Å². The average molecular weight is 360 g/mol. The summed E-state index contributed by atoms with van der Waals surface area (Å²) in [6.45, 7) is 0. The Morgan fingerprint density at radius 3 is 2.15 bits per heavy atom. The number of rotatable bonds is 5. The predicted molar refractivity (Wildman–Crippen MR) is 92.8 cm³/mol. The average Bonchev–Trinajstić information content (AvgIpc) is 2.69. The fourth-order valence-corrected chi connectivity index (χ4v) is 2.95. The van der Waals surface area contributed by atoms with Crippen molar-refractivity contribution in [2.75, 3.05) is 28.4 Å². The number of hydrogen-bond donors (Lipinski definition) is 1. The van der Waals surface area contributed by atoms with Crippen molar-refractivity contribution in [2.45, 2.75) is 12.2 Å². The van der Waals surface area contributed by atoms with Crippen LogP contribution in [0.1, 0.15) is 22.0 Å². The van der Waals surface area contributed by atoms with Gasteiger partial charge in [0, 0.05) is 23.8 Å². The van der Waals surface area contributed by atoms with E-state index < -0.39 is 18.0 Å². The molecular formula is C19H20O7. The van der Waals surface area contributed by atoms with Crippen LogP contribution >= 0.6 is 0 Å². The molecule has 2 atom stereocenters. The maximum absolute atomic E-state index is 12.8. The van der Waals surface area contributed by atoms with Crippen molar-refractivity contribution in [1.82, 2.24) is 0 Å². The van der Waals surface area contributed by atoms with Gasteiger partial charge in [0.2, 0.25) is 5.78 Å². The first-order valence-electron chi connectivity index (χ1n) is 7.91. The molecule has 7 heteroatoms. The van der Waals surface area contributed by atoms with Crippen molar-refractivity contribution in [2.24, 2.45) is 0 Å². The third-order valence-corrected chi connectivity index (χ3v) is 4.30. The molecule has 0 saturated heterocycles. The highest BCUT2D eigenvalue weighted by Gasteiger charge is 2.40. The second-order valence-corrected chi connectivity index (χ2v) is 5.66. The number of carbonyl (C=O) groups is 1. The van der Waals surface area contributed by atoms with Crippen LogP contribution in [0.5, 0.6) is 28.7 Å².